The number of ether oxygens (including phenoxy) is 1. The van der Waals surface area contributed by atoms with Crippen LogP contribution < -0.4 is 4.74 Å². The Morgan fingerprint density at radius 1 is 1.30 bits per heavy atom. The molecule has 0 amide bonds. The largest absolute Gasteiger partial charge is 0.497 e. The van der Waals surface area contributed by atoms with Gasteiger partial charge in [0.05, 0.1) is 12.5 Å². The van der Waals surface area contributed by atoms with Crippen LogP contribution in [-0.4, -0.2) is 7.11 Å². The van der Waals surface area contributed by atoms with Crippen LogP contribution in [0.25, 0.3) is 0 Å². The SMILES string of the molecule is COc1ccc(C(Cl)C2(CC(C)C)CCCC2)c(Br)c1. The lowest BCUT2D eigenvalue weighted by atomic mass is 9.73. The van der Waals surface area contributed by atoms with E-state index in [0.717, 1.165) is 10.2 Å². The zero-order valence-corrected chi connectivity index (χ0v) is 14.9. The average Bonchev–Trinajstić information content (AvgIpc) is 2.86. The predicted octanol–water partition coefficient (Wildman–Crippen LogP) is 6.34. The highest BCUT2D eigenvalue weighted by Crippen LogP contribution is 2.55. The first-order valence-electron chi connectivity index (χ1n) is 7.46. The molecular formula is C17H24BrClO. The molecule has 1 unspecified atom stereocenters. The second-order valence-corrected chi connectivity index (χ2v) is 7.71. The van der Waals surface area contributed by atoms with Gasteiger partial charge >= 0.3 is 0 Å². The minimum atomic E-state index is 0.0766. The molecule has 1 fully saturated rings. The van der Waals surface area contributed by atoms with Crippen molar-refractivity contribution in [3.8, 4) is 5.75 Å². The van der Waals surface area contributed by atoms with Gasteiger partial charge in [-0.15, -0.1) is 11.6 Å². The van der Waals surface area contributed by atoms with Crippen LogP contribution in [0.15, 0.2) is 22.7 Å². The van der Waals surface area contributed by atoms with Crippen molar-refractivity contribution in [3.63, 3.8) is 0 Å². The molecule has 2 rings (SSSR count). The van der Waals surface area contributed by atoms with E-state index in [1.165, 1.54) is 37.7 Å². The maximum absolute atomic E-state index is 6.94. The van der Waals surface area contributed by atoms with Crippen LogP contribution >= 0.6 is 27.5 Å². The monoisotopic (exact) mass is 358 g/mol. The minimum Gasteiger partial charge on any atom is -0.497 e. The Bertz CT molecular complexity index is 452. The summed E-state index contributed by atoms with van der Waals surface area (Å²) in [5.41, 5.74) is 1.46. The third-order valence-electron chi connectivity index (χ3n) is 4.43. The minimum absolute atomic E-state index is 0.0766. The van der Waals surface area contributed by atoms with Crippen molar-refractivity contribution in [2.24, 2.45) is 11.3 Å². The van der Waals surface area contributed by atoms with Crippen LogP contribution in [0.1, 0.15) is 56.9 Å². The standard InChI is InChI=1S/C17H24BrClO/c1-12(2)11-17(8-4-5-9-17)16(19)14-7-6-13(20-3)10-15(14)18/h6-7,10,12,16H,4-5,8-9,11H2,1-3H3. The fourth-order valence-electron chi connectivity index (χ4n) is 3.62. The van der Waals surface area contributed by atoms with Gasteiger partial charge < -0.3 is 4.74 Å². The molecule has 0 spiro atoms. The Morgan fingerprint density at radius 3 is 2.45 bits per heavy atom. The third-order valence-corrected chi connectivity index (χ3v) is 5.82. The Morgan fingerprint density at radius 2 is 1.95 bits per heavy atom. The zero-order valence-electron chi connectivity index (χ0n) is 12.6. The van der Waals surface area contributed by atoms with Gasteiger partial charge in [0, 0.05) is 4.47 Å². The number of hydrogen-bond acceptors (Lipinski definition) is 1. The van der Waals surface area contributed by atoms with Crippen LogP contribution in [0.5, 0.6) is 5.75 Å². The van der Waals surface area contributed by atoms with Crippen molar-refractivity contribution < 1.29 is 4.74 Å². The Kier molecular flexibility index (Phi) is 5.42. The maximum atomic E-state index is 6.94. The lowest BCUT2D eigenvalue weighted by Gasteiger charge is -2.36. The van der Waals surface area contributed by atoms with E-state index < -0.39 is 0 Å². The molecule has 1 atom stereocenters. The highest BCUT2D eigenvalue weighted by Gasteiger charge is 2.42. The topological polar surface area (TPSA) is 9.23 Å². The molecule has 1 aromatic carbocycles. The number of hydrogen-bond donors (Lipinski definition) is 0. The van der Waals surface area contributed by atoms with Gasteiger partial charge in [-0.2, -0.15) is 0 Å². The van der Waals surface area contributed by atoms with Crippen molar-refractivity contribution in [2.75, 3.05) is 7.11 Å². The summed E-state index contributed by atoms with van der Waals surface area (Å²) in [6, 6.07) is 6.14. The summed E-state index contributed by atoms with van der Waals surface area (Å²) in [6.07, 6.45) is 6.32. The second-order valence-electron chi connectivity index (χ2n) is 6.42. The van der Waals surface area contributed by atoms with Gasteiger partial charge in [-0.3, -0.25) is 0 Å². The van der Waals surface area contributed by atoms with E-state index >= 15 is 0 Å². The summed E-state index contributed by atoms with van der Waals surface area (Å²) < 4.78 is 6.33. The van der Waals surface area contributed by atoms with Gasteiger partial charge in [-0.05, 0) is 48.3 Å². The molecule has 1 saturated carbocycles. The van der Waals surface area contributed by atoms with Gasteiger partial charge in [0.15, 0.2) is 0 Å². The van der Waals surface area contributed by atoms with Gasteiger partial charge in [0.2, 0.25) is 0 Å². The van der Waals surface area contributed by atoms with Crippen molar-refractivity contribution in [1.29, 1.82) is 0 Å². The number of methoxy groups -OCH3 is 1. The predicted molar refractivity (Wildman–Crippen MR) is 89.6 cm³/mol. The van der Waals surface area contributed by atoms with Gasteiger partial charge in [-0.1, -0.05) is 48.7 Å². The smallest absolute Gasteiger partial charge is 0.120 e. The van der Waals surface area contributed by atoms with Gasteiger partial charge in [0.1, 0.15) is 5.75 Å². The fraction of sp³-hybridized carbons (Fsp3) is 0.647. The van der Waals surface area contributed by atoms with Crippen molar-refractivity contribution in [1.82, 2.24) is 0 Å². The van der Waals surface area contributed by atoms with Gasteiger partial charge in [-0.25, -0.2) is 0 Å². The van der Waals surface area contributed by atoms with Crippen molar-refractivity contribution >= 4 is 27.5 Å². The highest BCUT2D eigenvalue weighted by molar-refractivity contribution is 9.10. The summed E-state index contributed by atoms with van der Waals surface area (Å²) >= 11 is 10.6. The summed E-state index contributed by atoms with van der Waals surface area (Å²) in [7, 11) is 1.69. The number of benzene rings is 1. The molecule has 1 aliphatic rings. The molecule has 0 saturated heterocycles. The Balaban J connectivity index is 2.30. The van der Waals surface area contributed by atoms with Crippen molar-refractivity contribution in [2.45, 2.75) is 51.3 Å². The Hall–Kier alpha value is -0.210. The van der Waals surface area contributed by atoms with Crippen LogP contribution in [0.4, 0.5) is 0 Å². The summed E-state index contributed by atoms with van der Waals surface area (Å²) in [5.74, 6) is 1.56. The zero-order chi connectivity index (χ0) is 14.8. The molecule has 1 aromatic rings. The molecule has 0 aliphatic heterocycles. The number of alkyl halides is 1. The summed E-state index contributed by atoms with van der Waals surface area (Å²) in [6.45, 7) is 4.60. The van der Waals surface area contributed by atoms with Crippen LogP contribution in [0.2, 0.25) is 0 Å². The molecule has 0 aromatic heterocycles. The van der Waals surface area contributed by atoms with E-state index in [1.807, 2.05) is 12.1 Å². The van der Waals surface area contributed by atoms with E-state index in [0.29, 0.717) is 5.92 Å². The van der Waals surface area contributed by atoms with Crippen molar-refractivity contribution in [3.05, 3.63) is 28.2 Å². The maximum Gasteiger partial charge on any atom is 0.120 e. The first-order chi connectivity index (χ1) is 9.48. The van der Waals surface area contributed by atoms with E-state index in [9.17, 15) is 0 Å². The van der Waals surface area contributed by atoms with E-state index in [-0.39, 0.29) is 10.8 Å². The molecule has 0 radical (unpaired) electrons. The van der Waals surface area contributed by atoms with E-state index in [1.54, 1.807) is 7.11 Å². The first kappa shape index (κ1) is 16.2. The van der Waals surface area contributed by atoms with Crippen LogP contribution in [-0.2, 0) is 0 Å². The molecule has 20 heavy (non-hydrogen) atoms. The molecular weight excluding hydrogens is 336 g/mol. The Labute approximate surface area is 136 Å². The van der Waals surface area contributed by atoms with E-state index in [4.69, 9.17) is 16.3 Å². The highest BCUT2D eigenvalue weighted by atomic mass is 79.9. The number of halogens is 2. The lowest BCUT2D eigenvalue weighted by Crippen LogP contribution is -2.25. The number of rotatable bonds is 5. The normalized spacial score (nSPS) is 19.3. The summed E-state index contributed by atoms with van der Waals surface area (Å²) in [4.78, 5) is 0. The van der Waals surface area contributed by atoms with Gasteiger partial charge in [0.25, 0.3) is 0 Å². The van der Waals surface area contributed by atoms with Crippen LogP contribution in [0.3, 0.4) is 0 Å². The van der Waals surface area contributed by atoms with Crippen LogP contribution in [0, 0.1) is 11.3 Å². The molecule has 0 heterocycles. The van der Waals surface area contributed by atoms with E-state index in [2.05, 4.69) is 35.8 Å². The molecule has 3 heteroatoms. The first-order valence-corrected chi connectivity index (χ1v) is 8.69. The molecule has 1 nitrogen and oxygen atoms in total. The average molecular weight is 360 g/mol. The lowest BCUT2D eigenvalue weighted by molar-refractivity contribution is 0.223. The third kappa shape index (κ3) is 3.33. The second kappa shape index (κ2) is 6.70. The molecule has 112 valence electrons. The molecule has 0 bridgehead atoms. The fourth-order valence-corrected chi connectivity index (χ4v) is 4.84. The quantitative estimate of drug-likeness (QED) is 0.557. The molecule has 1 aliphatic carbocycles. The molecule has 0 N–H and O–H groups in total. The summed E-state index contributed by atoms with van der Waals surface area (Å²) in [5, 5.41) is 0.0766.